The number of aliphatic hydroxyl groups is 2. The third kappa shape index (κ3) is 10.6. The fourth-order valence-corrected chi connectivity index (χ4v) is 7.03. The lowest BCUT2D eigenvalue weighted by Gasteiger charge is -2.24. The number of phosphoric ester groups is 1. The summed E-state index contributed by atoms with van der Waals surface area (Å²) >= 11 is 1.70. The number of hydrogen-bond acceptors (Lipinski definition) is 10. The van der Waals surface area contributed by atoms with Crippen LogP contribution in [0.15, 0.2) is 15.8 Å². The smallest absolute Gasteiger partial charge is 0.390 e. The van der Waals surface area contributed by atoms with E-state index in [0.29, 0.717) is 0 Å². The van der Waals surface area contributed by atoms with Gasteiger partial charge < -0.3 is 34.7 Å². The molecule has 1 aromatic rings. The fourth-order valence-electron chi connectivity index (χ4n) is 4.99. The Morgan fingerprint density at radius 1 is 0.976 bits per heavy atom. The zero-order valence-electron chi connectivity index (χ0n) is 24.3. The third-order valence-electron chi connectivity index (χ3n) is 7.49. The first kappa shape index (κ1) is 38.5. The second kappa shape index (κ2) is 16.5. The number of rotatable bonds is 12. The number of halogens is 1. The molecule has 3 rings (SSSR count). The minimum Gasteiger partial charge on any atom is -0.390 e. The SMILES string of the molecule is CCN(CC)CC.CCN(CC)CC.O=c1[nH]c(=O)n([C@]23C[C@H]2[C@H](COP(=O)(O)OP(=O)(O)O)[C@@H](O)[C@H]3O)cc1I. The summed E-state index contributed by atoms with van der Waals surface area (Å²) in [6.45, 7) is 19.6. The molecule has 6 atom stereocenters. The van der Waals surface area contributed by atoms with Crippen molar-refractivity contribution < 1.29 is 42.9 Å². The van der Waals surface area contributed by atoms with Gasteiger partial charge in [0, 0.05) is 12.1 Å². The molecular weight excluding hydrogens is 697 g/mol. The maximum absolute atomic E-state index is 12.1. The molecule has 240 valence electrons. The van der Waals surface area contributed by atoms with Crippen molar-refractivity contribution >= 4 is 38.2 Å². The van der Waals surface area contributed by atoms with Gasteiger partial charge in [0.25, 0.3) is 5.56 Å². The lowest BCUT2D eigenvalue weighted by Crippen LogP contribution is -2.45. The molecule has 2 fully saturated rings. The molecule has 18 heteroatoms. The van der Waals surface area contributed by atoms with Gasteiger partial charge in [-0.2, -0.15) is 4.31 Å². The lowest BCUT2D eigenvalue weighted by molar-refractivity contribution is -0.0281. The van der Waals surface area contributed by atoms with Crippen molar-refractivity contribution in [1.82, 2.24) is 19.4 Å². The number of H-pyrrole nitrogens is 1. The van der Waals surface area contributed by atoms with Crippen molar-refractivity contribution in [2.45, 2.75) is 65.7 Å². The van der Waals surface area contributed by atoms with Gasteiger partial charge in [-0.25, -0.2) is 13.9 Å². The van der Waals surface area contributed by atoms with Gasteiger partial charge in [0.1, 0.15) is 6.10 Å². The average Bonchev–Trinajstić information content (AvgIpc) is 3.58. The summed E-state index contributed by atoms with van der Waals surface area (Å²) in [5.41, 5.74) is -2.61. The van der Waals surface area contributed by atoms with Crippen molar-refractivity contribution in [1.29, 1.82) is 0 Å². The van der Waals surface area contributed by atoms with E-state index in [1.54, 1.807) is 22.6 Å². The summed E-state index contributed by atoms with van der Waals surface area (Å²) in [6.07, 6.45) is -1.42. The van der Waals surface area contributed by atoms with E-state index < -0.39 is 63.1 Å². The normalized spacial score (nSPS) is 26.5. The fraction of sp³-hybridized carbons (Fsp3) is 0.826. The van der Waals surface area contributed by atoms with Crippen LogP contribution in [0.25, 0.3) is 0 Å². The van der Waals surface area contributed by atoms with E-state index in [1.807, 2.05) is 0 Å². The number of aromatic amines is 1. The van der Waals surface area contributed by atoms with E-state index in [2.05, 4.69) is 65.2 Å². The number of fused-ring (bicyclic) bond motifs is 1. The Hall–Kier alpha value is -0.490. The second-order valence-corrected chi connectivity index (χ2v) is 13.6. The van der Waals surface area contributed by atoms with E-state index in [-0.39, 0.29) is 9.99 Å². The highest BCUT2D eigenvalue weighted by Gasteiger charge is 2.72. The summed E-state index contributed by atoms with van der Waals surface area (Å²) in [7, 11) is -10.4. The molecular formula is C23H45IN4O11P2. The molecule has 1 heterocycles. The highest BCUT2D eigenvalue weighted by atomic mass is 127. The van der Waals surface area contributed by atoms with E-state index in [9.17, 15) is 33.8 Å². The first-order valence-corrected chi connectivity index (χ1v) is 17.7. The van der Waals surface area contributed by atoms with Gasteiger partial charge in [-0.05, 0) is 74.2 Å². The largest absolute Gasteiger partial charge is 0.481 e. The summed E-state index contributed by atoms with van der Waals surface area (Å²) in [5.74, 6) is -1.46. The molecule has 0 saturated heterocycles. The van der Waals surface area contributed by atoms with Crippen molar-refractivity contribution in [2.75, 3.05) is 45.9 Å². The number of hydrogen-bond donors (Lipinski definition) is 6. The molecule has 41 heavy (non-hydrogen) atoms. The zero-order valence-corrected chi connectivity index (χ0v) is 28.3. The van der Waals surface area contributed by atoms with Crippen LogP contribution < -0.4 is 11.2 Å². The molecule has 0 aromatic carbocycles. The zero-order chi connectivity index (χ0) is 31.8. The number of nitrogens with one attached hydrogen (secondary N) is 1. The molecule has 0 spiro atoms. The summed E-state index contributed by atoms with van der Waals surface area (Å²) in [5, 5.41) is 20.7. The quantitative estimate of drug-likeness (QED) is 0.131. The van der Waals surface area contributed by atoms with Crippen LogP contribution in [-0.2, 0) is 23.5 Å². The standard InChI is InChI=1S/C11H15IN2O11P2.2C6H15N/c12-6-2-14(10(18)13-9(6)17)11-1-5(11)4(7(15)8(11)16)3-24-27(22,23)25-26(19,20)21;2*1-4-7(5-2)6-3/h2,4-5,7-8,15-16H,1,3H2,(H,22,23)(H,13,17,18)(H2,19,20,21);2*4-6H2,1-3H3/t4-,5-,7+,8+,11+;;/m0../s1. The third-order valence-corrected chi connectivity index (χ3v) is 10.4. The highest BCUT2D eigenvalue weighted by Crippen LogP contribution is 2.65. The van der Waals surface area contributed by atoms with Gasteiger partial charge in [-0.1, -0.05) is 41.5 Å². The molecule has 2 aliphatic carbocycles. The van der Waals surface area contributed by atoms with Gasteiger partial charge >= 0.3 is 21.3 Å². The Morgan fingerprint density at radius 3 is 1.83 bits per heavy atom. The minimum atomic E-state index is -5.29. The molecule has 15 nitrogen and oxygen atoms in total. The summed E-state index contributed by atoms with van der Waals surface area (Å²) in [6, 6.07) is 0. The Balaban J connectivity index is 0.000000497. The molecule has 0 amide bonds. The number of nitrogens with zero attached hydrogens (tertiary/aromatic N) is 3. The van der Waals surface area contributed by atoms with Gasteiger partial charge in [0.05, 0.1) is 21.8 Å². The highest BCUT2D eigenvalue weighted by molar-refractivity contribution is 14.1. The number of aliphatic hydroxyl groups excluding tert-OH is 2. The maximum Gasteiger partial charge on any atom is 0.481 e. The van der Waals surface area contributed by atoms with Crippen LogP contribution in [0.2, 0.25) is 0 Å². The monoisotopic (exact) mass is 742 g/mol. The van der Waals surface area contributed by atoms with Crippen LogP contribution >= 0.6 is 38.2 Å². The summed E-state index contributed by atoms with van der Waals surface area (Å²) in [4.78, 5) is 57.0. The van der Waals surface area contributed by atoms with Crippen LogP contribution in [-0.4, -0.2) is 102 Å². The van der Waals surface area contributed by atoms with Crippen molar-refractivity contribution in [3.8, 4) is 0 Å². The van der Waals surface area contributed by atoms with Crippen LogP contribution in [0.1, 0.15) is 48.0 Å². The molecule has 2 saturated carbocycles. The molecule has 0 radical (unpaired) electrons. The molecule has 1 unspecified atom stereocenters. The maximum atomic E-state index is 12.1. The molecule has 1 aromatic heterocycles. The minimum absolute atomic E-state index is 0.184. The Bertz CT molecular complexity index is 1150. The van der Waals surface area contributed by atoms with E-state index >= 15 is 0 Å². The van der Waals surface area contributed by atoms with Gasteiger partial charge in [0.15, 0.2) is 0 Å². The Morgan fingerprint density at radius 2 is 1.44 bits per heavy atom. The van der Waals surface area contributed by atoms with E-state index in [4.69, 9.17) is 9.79 Å². The van der Waals surface area contributed by atoms with Gasteiger partial charge in [-0.3, -0.25) is 18.9 Å². The molecule has 0 bridgehead atoms. The van der Waals surface area contributed by atoms with Crippen molar-refractivity contribution in [3.63, 3.8) is 0 Å². The predicted octanol–water partition coefficient (Wildman–Crippen LogP) is 1.13. The van der Waals surface area contributed by atoms with Crippen molar-refractivity contribution in [3.05, 3.63) is 30.6 Å². The Kier molecular flexibility index (Phi) is 15.6. The lowest BCUT2D eigenvalue weighted by atomic mass is 10.0. The predicted molar refractivity (Wildman–Crippen MR) is 161 cm³/mol. The molecule has 2 aliphatic rings. The van der Waals surface area contributed by atoms with Crippen LogP contribution in [0.5, 0.6) is 0 Å². The number of aromatic nitrogens is 2. The first-order valence-electron chi connectivity index (χ1n) is 13.5. The first-order chi connectivity index (χ1) is 19.0. The second-order valence-electron chi connectivity index (χ2n) is 9.58. The van der Waals surface area contributed by atoms with Gasteiger partial charge in [-0.15, -0.1) is 0 Å². The summed E-state index contributed by atoms with van der Waals surface area (Å²) < 4.78 is 31.7. The topological polar surface area (TPSA) is 215 Å². The molecule has 6 N–H and O–H groups in total. The van der Waals surface area contributed by atoms with Crippen LogP contribution in [0.4, 0.5) is 0 Å². The van der Waals surface area contributed by atoms with Gasteiger partial charge in [0.2, 0.25) is 0 Å². The number of phosphoric acid groups is 2. The molecule has 0 aliphatic heterocycles. The average molecular weight is 742 g/mol. The van der Waals surface area contributed by atoms with Crippen LogP contribution in [0, 0.1) is 15.4 Å². The van der Waals surface area contributed by atoms with Crippen molar-refractivity contribution in [2.24, 2.45) is 11.8 Å². The van der Waals surface area contributed by atoms with E-state index in [1.165, 1.54) is 45.5 Å². The van der Waals surface area contributed by atoms with E-state index in [0.717, 1.165) is 4.57 Å². The van der Waals surface area contributed by atoms with Crippen LogP contribution in [0.3, 0.4) is 0 Å². The Labute approximate surface area is 253 Å².